The molecule has 0 spiro atoms. The summed E-state index contributed by atoms with van der Waals surface area (Å²) >= 11 is 0. The van der Waals surface area contributed by atoms with E-state index in [0.717, 1.165) is 86.5 Å². The van der Waals surface area contributed by atoms with Gasteiger partial charge in [-0.05, 0) is 99.6 Å². The lowest BCUT2D eigenvalue weighted by molar-refractivity contribution is -0.142. The molecule has 4 N–H and O–H groups in total. The first-order valence-electron chi connectivity index (χ1n) is 30.5. The summed E-state index contributed by atoms with van der Waals surface area (Å²) in [5, 5.41) is 12.1. The van der Waals surface area contributed by atoms with Crippen LogP contribution in [0.2, 0.25) is 0 Å². The minimum atomic E-state index is -0.729. The van der Waals surface area contributed by atoms with Gasteiger partial charge in [0.15, 0.2) is 0 Å². The summed E-state index contributed by atoms with van der Waals surface area (Å²) < 4.78 is 0. The lowest BCUT2D eigenvalue weighted by atomic mass is 9.85. The highest BCUT2D eigenvalue weighted by Crippen LogP contribution is 2.32. The SMILES string of the molecule is CN[C@@H](C)C(=O)N[C@H](C(=O)N1CCC[C@H]1CN(CC(c1ccccc1)c1ccccc1)C(=O)CCCCCCCCC(=O)N(CC(c1ccccc1)c1ccccc1)C[C@@H]1CCCN1C(=O)[C@@H](NC(=O)[C@H](C)NC)C(C)(C)C)C(C)(C)C. The fraction of sp³-hybridized carbons (Fsp3) is 0.559. The average Bonchev–Trinajstić information content (AvgIpc) is 4.16. The smallest absolute Gasteiger partial charge is 0.246 e. The van der Waals surface area contributed by atoms with Crippen LogP contribution in [-0.4, -0.2) is 145 Å². The van der Waals surface area contributed by atoms with Crippen molar-refractivity contribution in [1.29, 1.82) is 0 Å². The summed E-state index contributed by atoms with van der Waals surface area (Å²) in [7, 11) is 3.46. The number of likely N-dealkylation sites (N-methyl/N-ethyl adjacent to an activating group) is 2. The first-order valence-corrected chi connectivity index (χ1v) is 30.5. The van der Waals surface area contributed by atoms with E-state index in [1.165, 1.54) is 0 Å². The predicted molar refractivity (Wildman–Crippen MR) is 329 cm³/mol. The van der Waals surface area contributed by atoms with Crippen molar-refractivity contribution >= 4 is 35.4 Å². The van der Waals surface area contributed by atoms with Crippen LogP contribution >= 0.6 is 0 Å². The Kier molecular flexibility index (Phi) is 24.8. The largest absolute Gasteiger partial charge is 0.342 e. The van der Waals surface area contributed by atoms with E-state index in [1.54, 1.807) is 27.9 Å². The molecule has 4 aromatic rings. The number of nitrogens with one attached hydrogen (secondary N) is 4. The van der Waals surface area contributed by atoms with Gasteiger partial charge in [-0.1, -0.05) is 189 Å². The zero-order valence-electron chi connectivity index (χ0n) is 51.1. The van der Waals surface area contributed by atoms with Gasteiger partial charge in [0, 0.05) is 76.0 Å². The Morgan fingerprint density at radius 1 is 0.476 bits per heavy atom. The number of amides is 6. The summed E-state index contributed by atoms with van der Waals surface area (Å²) in [5.41, 5.74) is 3.41. The van der Waals surface area contributed by atoms with Gasteiger partial charge in [-0.3, -0.25) is 28.8 Å². The van der Waals surface area contributed by atoms with Gasteiger partial charge in [-0.15, -0.1) is 0 Å². The van der Waals surface area contributed by atoms with Crippen LogP contribution in [0, 0.1) is 10.8 Å². The first-order chi connectivity index (χ1) is 39.2. The average molecular weight is 1120 g/mol. The van der Waals surface area contributed by atoms with Crippen molar-refractivity contribution in [3.05, 3.63) is 144 Å². The number of carbonyl (C=O) groups is 6. The molecule has 0 unspecified atom stereocenters. The number of carbonyl (C=O) groups excluding carboxylic acids is 6. The van der Waals surface area contributed by atoms with E-state index < -0.39 is 35.0 Å². The molecule has 2 saturated heterocycles. The Morgan fingerprint density at radius 3 is 1.05 bits per heavy atom. The molecule has 6 atom stereocenters. The molecule has 0 aromatic heterocycles. The molecular weight excluding hydrogens is 1020 g/mol. The Hall–Kier alpha value is -6.38. The van der Waals surface area contributed by atoms with Crippen molar-refractivity contribution in [2.45, 2.75) is 181 Å². The maximum Gasteiger partial charge on any atom is 0.246 e. The molecule has 446 valence electrons. The van der Waals surface area contributed by atoms with Crippen molar-refractivity contribution in [2.24, 2.45) is 10.8 Å². The standard InChI is InChI=1S/C68H98N8O6/c1-49(69-9)63(79)71-61(67(3,4)5)65(81)75-43-29-39-55(75)45-73(47-57(51-31-19-15-20-32-51)52-33-21-16-22-34-52)59(77)41-27-13-11-12-14-28-42-60(78)74(48-58(53-35-23-17-24-36-53)54-37-25-18-26-38-54)46-56-40-30-44-76(56)66(82)62(68(6,7)8)72-64(80)50(2)70-10/h15-26,31-38,49-50,55-58,61-62,69-70H,11-14,27-30,39-48H2,1-10H3,(H,71,79)(H,72,80)/t49-,50-,55-,56-,61+,62+/m0/s1. The van der Waals surface area contributed by atoms with Crippen LogP contribution in [0.5, 0.6) is 0 Å². The Morgan fingerprint density at radius 2 is 0.768 bits per heavy atom. The van der Waals surface area contributed by atoms with Crippen LogP contribution < -0.4 is 21.3 Å². The summed E-state index contributed by atoms with van der Waals surface area (Å²) in [6.07, 6.45) is 9.00. The van der Waals surface area contributed by atoms with Gasteiger partial charge in [-0.2, -0.15) is 0 Å². The van der Waals surface area contributed by atoms with Gasteiger partial charge in [-0.25, -0.2) is 0 Å². The highest BCUT2D eigenvalue weighted by atomic mass is 16.2. The Labute approximate surface area is 491 Å². The van der Waals surface area contributed by atoms with Crippen molar-refractivity contribution in [1.82, 2.24) is 40.9 Å². The molecule has 6 amide bonds. The summed E-state index contributed by atoms with van der Waals surface area (Å²) in [6.45, 7) is 18.3. The van der Waals surface area contributed by atoms with Crippen molar-refractivity contribution in [3.8, 4) is 0 Å². The van der Waals surface area contributed by atoms with Gasteiger partial charge in [0.25, 0.3) is 0 Å². The first kappa shape index (κ1) is 64.8. The van der Waals surface area contributed by atoms with E-state index in [1.807, 2.05) is 134 Å². The van der Waals surface area contributed by atoms with E-state index in [4.69, 9.17) is 0 Å². The number of benzene rings is 4. The molecule has 4 aromatic carbocycles. The minimum Gasteiger partial charge on any atom is -0.342 e. The topological polar surface area (TPSA) is 163 Å². The lowest BCUT2D eigenvalue weighted by Gasteiger charge is -2.38. The van der Waals surface area contributed by atoms with Gasteiger partial charge >= 0.3 is 0 Å². The van der Waals surface area contributed by atoms with E-state index in [0.29, 0.717) is 52.1 Å². The molecule has 0 saturated carbocycles. The molecule has 2 aliphatic rings. The fourth-order valence-electron chi connectivity index (χ4n) is 11.7. The highest BCUT2D eigenvalue weighted by molar-refractivity contribution is 5.91. The van der Waals surface area contributed by atoms with Gasteiger partial charge < -0.3 is 40.9 Å². The van der Waals surface area contributed by atoms with E-state index in [-0.39, 0.29) is 59.4 Å². The number of hydrogen-bond donors (Lipinski definition) is 4. The molecule has 2 aliphatic heterocycles. The molecular formula is C68H98N8O6. The zero-order chi connectivity index (χ0) is 59.4. The second-order valence-corrected chi connectivity index (χ2v) is 25.3. The third kappa shape index (κ3) is 18.6. The predicted octanol–water partition coefficient (Wildman–Crippen LogP) is 9.69. The second-order valence-electron chi connectivity index (χ2n) is 25.3. The molecule has 2 fully saturated rings. The van der Waals surface area contributed by atoms with Crippen LogP contribution in [0.25, 0.3) is 0 Å². The van der Waals surface area contributed by atoms with E-state index in [9.17, 15) is 28.8 Å². The summed E-state index contributed by atoms with van der Waals surface area (Å²) in [6, 6.07) is 38.6. The normalized spacial score (nSPS) is 17.1. The van der Waals surface area contributed by atoms with Crippen LogP contribution in [-0.2, 0) is 28.8 Å². The third-order valence-corrected chi connectivity index (χ3v) is 17.0. The lowest BCUT2D eigenvalue weighted by Crippen LogP contribution is -2.59. The summed E-state index contributed by atoms with van der Waals surface area (Å²) in [5.74, 6) is -0.685. The highest BCUT2D eigenvalue weighted by Gasteiger charge is 2.43. The van der Waals surface area contributed by atoms with Crippen molar-refractivity contribution in [3.63, 3.8) is 0 Å². The molecule has 14 nitrogen and oxygen atoms in total. The molecule has 6 rings (SSSR count). The number of rotatable bonds is 29. The second kappa shape index (κ2) is 31.3. The number of likely N-dealkylation sites (tertiary alicyclic amines) is 2. The molecule has 0 aliphatic carbocycles. The Bertz CT molecular complexity index is 2370. The van der Waals surface area contributed by atoms with Crippen LogP contribution in [0.4, 0.5) is 0 Å². The van der Waals surface area contributed by atoms with Crippen molar-refractivity contribution < 1.29 is 28.8 Å². The number of unbranched alkanes of at least 4 members (excludes halogenated alkanes) is 5. The molecule has 0 radical (unpaired) electrons. The minimum absolute atomic E-state index is 0.0688. The van der Waals surface area contributed by atoms with E-state index >= 15 is 0 Å². The van der Waals surface area contributed by atoms with Gasteiger partial charge in [0.1, 0.15) is 12.1 Å². The van der Waals surface area contributed by atoms with Crippen LogP contribution in [0.3, 0.4) is 0 Å². The maximum atomic E-state index is 14.7. The monoisotopic (exact) mass is 1120 g/mol. The third-order valence-electron chi connectivity index (χ3n) is 17.0. The molecule has 0 bridgehead atoms. The molecule has 82 heavy (non-hydrogen) atoms. The van der Waals surface area contributed by atoms with Crippen LogP contribution in [0.1, 0.15) is 167 Å². The zero-order valence-corrected chi connectivity index (χ0v) is 51.1. The summed E-state index contributed by atoms with van der Waals surface area (Å²) in [4.78, 5) is 92.7. The van der Waals surface area contributed by atoms with Gasteiger partial charge in [0.2, 0.25) is 35.4 Å². The van der Waals surface area contributed by atoms with Crippen molar-refractivity contribution in [2.75, 3.05) is 53.4 Å². The maximum absolute atomic E-state index is 14.7. The van der Waals surface area contributed by atoms with Crippen LogP contribution in [0.15, 0.2) is 121 Å². The molecule has 2 heterocycles. The Balaban J connectivity index is 1.11. The fourth-order valence-corrected chi connectivity index (χ4v) is 11.7. The van der Waals surface area contributed by atoms with E-state index in [2.05, 4.69) is 69.8 Å². The molecule has 14 heteroatoms. The quantitative estimate of drug-likeness (QED) is 0.0391. The number of nitrogens with zero attached hydrogens (tertiary/aromatic N) is 4. The van der Waals surface area contributed by atoms with Gasteiger partial charge in [0.05, 0.1) is 12.1 Å². The number of hydrogen-bond acceptors (Lipinski definition) is 8.